The molecule has 174 valence electrons. The first-order valence-electron chi connectivity index (χ1n) is 10.8. The van der Waals surface area contributed by atoms with Gasteiger partial charge in [0.05, 0.1) is 16.6 Å². The van der Waals surface area contributed by atoms with Gasteiger partial charge in [0.2, 0.25) is 15.9 Å². The molecule has 0 saturated heterocycles. The number of benzene rings is 3. The SMILES string of the molecule is CSc1ccc(S(=O)(=O)N[C@@H](c2ccccc2)c2ccc(C)cc2C)cc1NC(=O)C(C)C. The summed E-state index contributed by atoms with van der Waals surface area (Å²) in [5.74, 6) is -0.379. The maximum Gasteiger partial charge on any atom is 0.241 e. The zero-order valence-corrected chi connectivity index (χ0v) is 21.2. The van der Waals surface area contributed by atoms with Gasteiger partial charge < -0.3 is 5.32 Å². The third-order valence-corrected chi connectivity index (χ3v) is 7.62. The van der Waals surface area contributed by atoms with Crippen molar-refractivity contribution in [2.75, 3.05) is 11.6 Å². The Bertz CT molecular complexity index is 1240. The first-order chi connectivity index (χ1) is 15.6. The number of hydrogen-bond acceptors (Lipinski definition) is 4. The van der Waals surface area contributed by atoms with Gasteiger partial charge in [-0.05, 0) is 55.0 Å². The first-order valence-corrected chi connectivity index (χ1v) is 13.5. The van der Waals surface area contributed by atoms with E-state index in [0.717, 1.165) is 27.1 Å². The standard InChI is InChI=1S/C26H30N2O3S2/c1-17(2)26(29)27-23-16-21(12-14-24(23)32-5)33(30,31)28-25(20-9-7-6-8-10-20)22-13-11-18(3)15-19(22)4/h6-17,25,28H,1-5H3,(H,27,29)/t25-/m0/s1. The molecule has 33 heavy (non-hydrogen) atoms. The van der Waals surface area contributed by atoms with Gasteiger partial charge >= 0.3 is 0 Å². The summed E-state index contributed by atoms with van der Waals surface area (Å²) in [5, 5.41) is 2.85. The molecule has 0 unspecified atom stereocenters. The van der Waals surface area contributed by atoms with E-state index in [1.807, 2.05) is 68.6 Å². The average molecular weight is 483 g/mol. The van der Waals surface area contributed by atoms with E-state index in [4.69, 9.17) is 0 Å². The van der Waals surface area contributed by atoms with Gasteiger partial charge in [0.1, 0.15) is 0 Å². The second-order valence-electron chi connectivity index (χ2n) is 8.33. The average Bonchev–Trinajstić information content (AvgIpc) is 2.78. The molecule has 0 bridgehead atoms. The highest BCUT2D eigenvalue weighted by molar-refractivity contribution is 7.98. The van der Waals surface area contributed by atoms with Gasteiger partial charge in [-0.1, -0.05) is 67.9 Å². The van der Waals surface area contributed by atoms with Crippen LogP contribution in [0.5, 0.6) is 0 Å². The number of thioether (sulfide) groups is 1. The van der Waals surface area contributed by atoms with Crippen LogP contribution in [0, 0.1) is 19.8 Å². The van der Waals surface area contributed by atoms with E-state index in [0.29, 0.717) is 5.69 Å². The molecule has 5 nitrogen and oxygen atoms in total. The van der Waals surface area contributed by atoms with Crippen molar-refractivity contribution in [3.05, 3.63) is 89.0 Å². The van der Waals surface area contributed by atoms with Crippen LogP contribution in [0.25, 0.3) is 0 Å². The summed E-state index contributed by atoms with van der Waals surface area (Å²) in [4.78, 5) is 13.2. The first kappa shape index (κ1) is 25.0. The molecule has 0 spiro atoms. The van der Waals surface area contributed by atoms with Crippen LogP contribution in [-0.2, 0) is 14.8 Å². The van der Waals surface area contributed by atoms with Gasteiger partial charge in [0, 0.05) is 10.8 Å². The molecule has 3 aromatic carbocycles. The number of amides is 1. The van der Waals surface area contributed by atoms with Gasteiger partial charge in [-0.3, -0.25) is 4.79 Å². The summed E-state index contributed by atoms with van der Waals surface area (Å²) in [7, 11) is -3.90. The second-order valence-corrected chi connectivity index (χ2v) is 10.9. The third-order valence-electron chi connectivity index (χ3n) is 5.41. The Balaban J connectivity index is 2.03. The molecule has 0 saturated carbocycles. The molecule has 0 aromatic heterocycles. The molecule has 0 heterocycles. The van der Waals surface area contributed by atoms with Gasteiger partial charge in [-0.25, -0.2) is 8.42 Å². The van der Waals surface area contributed by atoms with Crippen molar-refractivity contribution in [2.24, 2.45) is 5.92 Å². The van der Waals surface area contributed by atoms with Crippen LogP contribution in [0.4, 0.5) is 5.69 Å². The zero-order chi connectivity index (χ0) is 24.2. The molecule has 0 aliphatic rings. The number of anilines is 1. The van der Waals surface area contributed by atoms with Crippen molar-refractivity contribution < 1.29 is 13.2 Å². The Morgan fingerprint density at radius 3 is 2.24 bits per heavy atom. The van der Waals surface area contributed by atoms with Gasteiger partial charge in [0.25, 0.3) is 0 Å². The van der Waals surface area contributed by atoms with E-state index in [1.165, 1.54) is 17.8 Å². The van der Waals surface area contributed by atoms with E-state index >= 15 is 0 Å². The Morgan fingerprint density at radius 2 is 1.64 bits per heavy atom. The number of carbonyl (C=O) groups is 1. The molecule has 3 aromatic rings. The molecule has 2 N–H and O–H groups in total. The van der Waals surface area contributed by atoms with Crippen LogP contribution in [0.15, 0.2) is 76.5 Å². The smallest absolute Gasteiger partial charge is 0.241 e. The summed E-state index contributed by atoms with van der Waals surface area (Å²) >= 11 is 1.45. The highest BCUT2D eigenvalue weighted by Crippen LogP contribution is 2.31. The third kappa shape index (κ3) is 6.05. The molecule has 1 amide bonds. The molecular weight excluding hydrogens is 452 g/mol. The molecule has 1 atom stereocenters. The van der Waals surface area contributed by atoms with E-state index < -0.39 is 16.1 Å². The Morgan fingerprint density at radius 1 is 0.939 bits per heavy atom. The van der Waals surface area contributed by atoms with Crippen LogP contribution in [0.3, 0.4) is 0 Å². The lowest BCUT2D eigenvalue weighted by Crippen LogP contribution is -2.30. The summed E-state index contributed by atoms with van der Waals surface area (Å²) < 4.78 is 29.9. The normalized spacial score (nSPS) is 12.5. The molecule has 0 radical (unpaired) electrons. The minimum atomic E-state index is -3.90. The fourth-order valence-electron chi connectivity index (χ4n) is 3.56. The minimum Gasteiger partial charge on any atom is -0.325 e. The Kier molecular flexibility index (Phi) is 8.00. The lowest BCUT2D eigenvalue weighted by atomic mass is 9.95. The predicted octanol–water partition coefficient (Wildman–Crippen LogP) is 5.69. The van der Waals surface area contributed by atoms with Gasteiger partial charge in [-0.15, -0.1) is 11.8 Å². The summed E-state index contributed by atoms with van der Waals surface area (Å²) in [6.45, 7) is 7.59. The largest absolute Gasteiger partial charge is 0.325 e. The summed E-state index contributed by atoms with van der Waals surface area (Å²) in [6, 6.07) is 19.8. The van der Waals surface area contributed by atoms with Crippen LogP contribution in [0.1, 0.15) is 42.1 Å². The van der Waals surface area contributed by atoms with Gasteiger partial charge in [-0.2, -0.15) is 4.72 Å². The topological polar surface area (TPSA) is 75.3 Å². The Hall–Kier alpha value is -2.61. The Labute approximate surface area is 201 Å². The number of hydrogen-bond donors (Lipinski definition) is 2. The number of aryl methyl sites for hydroxylation is 2. The fraction of sp³-hybridized carbons (Fsp3) is 0.269. The molecular formula is C26H30N2O3S2. The lowest BCUT2D eigenvalue weighted by Gasteiger charge is -2.22. The number of carbonyl (C=O) groups excluding carboxylic acids is 1. The van der Waals surface area contributed by atoms with Crippen molar-refractivity contribution in [1.29, 1.82) is 0 Å². The van der Waals surface area contributed by atoms with E-state index in [1.54, 1.807) is 26.0 Å². The number of nitrogens with one attached hydrogen (secondary N) is 2. The highest BCUT2D eigenvalue weighted by atomic mass is 32.2. The van der Waals surface area contributed by atoms with Crippen LogP contribution in [0.2, 0.25) is 0 Å². The maximum absolute atomic E-state index is 13.5. The van der Waals surface area contributed by atoms with E-state index in [2.05, 4.69) is 10.0 Å². The number of rotatable bonds is 8. The van der Waals surface area contributed by atoms with Gasteiger partial charge in [0.15, 0.2) is 0 Å². The monoisotopic (exact) mass is 482 g/mol. The maximum atomic E-state index is 13.5. The van der Waals surface area contributed by atoms with E-state index in [9.17, 15) is 13.2 Å². The highest BCUT2D eigenvalue weighted by Gasteiger charge is 2.25. The van der Waals surface area contributed by atoms with Crippen molar-refractivity contribution in [2.45, 2.75) is 43.5 Å². The minimum absolute atomic E-state index is 0.102. The lowest BCUT2D eigenvalue weighted by molar-refractivity contribution is -0.118. The predicted molar refractivity (Wildman–Crippen MR) is 136 cm³/mol. The van der Waals surface area contributed by atoms with Crippen LogP contribution < -0.4 is 10.0 Å². The fourth-order valence-corrected chi connectivity index (χ4v) is 5.32. The summed E-state index contributed by atoms with van der Waals surface area (Å²) in [5.41, 5.74) is 4.36. The van der Waals surface area contributed by atoms with Crippen molar-refractivity contribution in [3.63, 3.8) is 0 Å². The van der Waals surface area contributed by atoms with Crippen LogP contribution >= 0.6 is 11.8 Å². The second kappa shape index (κ2) is 10.5. The molecule has 0 fully saturated rings. The molecule has 3 rings (SSSR count). The van der Waals surface area contributed by atoms with E-state index in [-0.39, 0.29) is 16.7 Å². The molecule has 0 aliphatic carbocycles. The quantitative estimate of drug-likeness (QED) is 0.405. The zero-order valence-electron chi connectivity index (χ0n) is 19.5. The number of sulfonamides is 1. The van der Waals surface area contributed by atoms with Crippen molar-refractivity contribution >= 4 is 33.4 Å². The van der Waals surface area contributed by atoms with Crippen molar-refractivity contribution in [1.82, 2.24) is 4.72 Å². The molecule has 0 aliphatic heterocycles. The van der Waals surface area contributed by atoms with Crippen molar-refractivity contribution in [3.8, 4) is 0 Å². The summed E-state index contributed by atoms with van der Waals surface area (Å²) in [6.07, 6.45) is 1.89. The van der Waals surface area contributed by atoms with Crippen LogP contribution in [-0.4, -0.2) is 20.6 Å². The molecule has 7 heteroatoms.